The van der Waals surface area contributed by atoms with Gasteiger partial charge in [-0.05, 0) is 109 Å². The van der Waals surface area contributed by atoms with Crippen molar-refractivity contribution in [1.82, 2.24) is 4.90 Å². The van der Waals surface area contributed by atoms with Crippen LogP contribution < -0.4 is 4.74 Å². The Morgan fingerprint density at radius 1 is 1.00 bits per heavy atom. The van der Waals surface area contributed by atoms with Gasteiger partial charge in [0, 0.05) is 5.56 Å². The highest BCUT2D eigenvalue weighted by atomic mass is 28.4. The first-order chi connectivity index (χ1) is 13.4. The molecular weight excluding hydrogens is 394 g/mol. The fourth-order valence-electron chi connectivity index (χ4n) is 4.22. The number of Topliss-reactive ketones (excluding diaryl/α,β-unsaturated/α-hetero) is 1. The minimum atomic E-state index is -1.61. The first-order valence-electron chi connectivity index (χ1n) is 11.1. The van der Waals surface area contributed by atoms with Crippen LogP contribution in [0.25, 0.3) is 0 Å². The van der Waals surface area contributed by atoms with Crippen molar-refractivity contribution in [3.8, 4) is 5.75 Å². The van der Waals surface area contributed by atoms with Gasteiger partial charge in [0.25, 0.3) is 0 Å². The molecule has 0 amide bonds. The van der Waals surface area contributed by atoms with Crippen molar-refractivity contribution in [2.24, 2.45) is 0 Å². The normalized spacial score (nSPS) is 16.7. The standard InChI is InChI=1S/C23H41NO3Si2/c1-23(2,24-16-9-8-10-17-24)22(25)20-12-14-21(15-13-20)26-18-11-19-29(6,7)27-28(3,4)5/h12-15H,8-11,16-19H2,1-7H3. The Balaban J connectivity index is 1.84. The molecule has 0 unspecified atom stereocenters. The van der Waals surface area contributed by atoms with Gasteiger partial charge in [-0.3, -0.25) is 9.69 Å². The lowest BCUT2D eigenvalue weighted by Crippen LogP contribution is -2.52. The summed E-state index contributed by atoms with van der Waals surface area (Å²) in [7, 11) is -3.08. The first kappa shape index (κ1) is 24.3. The fraction of sp³-hybridized carbons (Fsp3) is 0.696. The van der Waals surface area contributed by atoms with Crippen molar-refractivity contribution in [3.05, 3.63) is 29.8 Å². The SMILES string of the molecule is CC(C)(C(=O)c1ccc(OCCC[Si](C)(C)O[Si](C)(C)C)cc1)N1CCCCC1. The molecule has 0 saturated carbocycles. The Hall–Kier alpha value is -0.956. The fourth-order valence-corrected chi connectivity index (χ4v) is 12.3. The number of rotatable bonds is 10. The van der Waals surface area contributed by atoms with Crippen LogP contribution in [0.15, 0.2) is 24.3 Å². The number of piperidine rings is 1. The van der Waals surface area contributed by atoms with Crippen LogP contribution in [0.5, 0.6) is 5.75 Å². The van der Waals surface area contributed by atoms with E-state index in [2.05, 4.69) is 51.5 Å². The average Bonchev–Trinajstić information content (AvgIpc) is 2.64. The molecule has 1 saturated heterocycles. The quantitative estimate of drug-likeness (QED) is 0.258. The number of hydrogen-bond donors (Lipinski definition) is 0. The Labute approximate surface area is 180 Å². The average molecular weight is 436 g/mol. The van der Waals surface area contributed by atoms with Gasteiger partial charge in [0.05, 0.1) is 12.1 Å². The molecule has 164 valence electrons. The predicted molar refractivity (Wildman–Crippen MR) is 127 cm³/mol. The smallest absolute Gasteiger partial charge is 0.182 e. The molecule has 1 aliphatic rings. The van der Waals surface area contributed by atoms with Crippen LogP contribution in [-0.2, 0) is 4.12 Å². The molecule has 2 rings (SSSR count). The van der Waals surface area contributed by atoms with E-state index in [1.165, 1.54) is 19.3 Å². The molecule has 0 spiro atoms. The van der Waals surface area contributed by atoms with Gasteiger partial charge in [-0.15, -0.1) is 0 Å². The lowest BCUT2D eigenvalue weighted by molar-refractivity contribution is 0.0579. The maximum Gasteiger partial charge on any atom is 0.182 e. The van der Waals surface area contributed by atoms with Gasteiger partial charge < -0.3 is 8.85 Å². The molecule has 1 fully saturated rings. The maximum absolute atomic E-state index is 13.1. The minimum absolute atomic E-state index is 0.196. The van der Waals surface area contributed by atoms with Gasteiger partial charge >= 0.3 is 0 Å². The van der Waals surface area contributed by atoms with Crippen LogP contribution in [-0.4, -0.2) is 52.6 Å². The summed E-state index contributed by atoms with van der Waals surface area (Å²) in [4.78, 5) is 15.4. The molecule has 29 heavy (non-hydrogen) atoms. The predicted octanol–water partition coefficient (Wildman–Crippen LogP) is 5.96. The molecule has 0 bridgehead atoms. The molecule has 0 atom stereocenters. The summed E-state index contributed by atoms with van der Waals surface area (Å²) in [6.07, 6.45) is 4.65. The molecule has 6 heteroatoms. The van der Waals surface area contributed by atoms with Gasteiger partial charge in [0.2, 0.25) is 0 Å². The van der Waals surface area contributed by atoms with E-state index >= 15 is 0 Å². The summed E-state index contributed by atoms with van der Waals surface area (Å²) < 4.78 is 12.3. The number of ether oxygens (including phenoxy) is 1. The largest absolute Gasteiger partial charge is 0.494 e. The van der Waals surface area contributed by atoms with E-state index in [1.807, 2.05) is 24.3 Å². The number of ketones is 1. The summed E-state index contributed by atoms with van der Waals surface area (Å²) in [5.41, 5.74) is 0.319. The summed E-state index contributed by atoms with van der Waals surface area (Å²) in [5, 5.41) is 0. The Kier molecular flexibility index (Phi) is 8.30. The molecule has 0 aromatic heterocycles. The third-order valence-electron chi connectivity index (χ3n) is 5.59. The van der Waals surface area contributed by atoms with Crippen LogP contribution in [0, 0.1) is 0 Å². The van der Waals surface area contributed by atoms with Crippen LogP contribution >= 0.6 is 0 Å². The second kappa shape index (κ2) is 9.90. The van der Waals surface area contributed by atoms with Crippen LogP contribution in [0.1, 0.15) is 49.9 Å². The molecule has 1 aromatic rings. The van der Waals surface area contributed by atoms with E-state index < -0.39 is 22.2 Å². The van der Waals surface area contributed by atoms with Crippen molar-refractivity contribution in [1.29, 1.82) is 0 Å². The number of benzene rings is 1. The summed E-state index contributed by atoms with van der Waals surface area (Å²) in [6, 6.07) is 8.80. The summed E-state index contributed by atoms with van der Waals surface area (Å²) in [6.45, 7) is 18.2. The molecule has 1 heterocycles. The highest BCUT2D eigenvalue weighted by molar-refractivity contribution is 6.84. The van der Waals surface area contributed by atoms with Gasteiger partial charge in [0.15, 0.2) is 22.4 Å². The van der Waals surface area contributed by atoms with Gasteiger partial charge in [0.1, 0.15) is 5.75 Å². The number of likely N-dealkylation sites (tertiary alicyclic amines) is 1. The highest BCUT2D eigenvalue weighted by Gasteiger charge is 2.35. The van der Waals surface area contributed by atoms with Crippen LogP contribution in [0.2, 0.25) is 38.8 Å². The van der Waals surface area contributed by atoms with Crippen molar-refractivity contribution in [2.75, 3.05) is 19.7 Å². The third kappa shape index (κ3) is 7.66. The molecule has 4 nitrogen and oxygen atoms in total. The van der Waals surface area contributed by atoms with E-state index in [1.54, 1.807) is 0 Å². The number of nitrogens with zero attached hydrogens (tertiary/aromatic N) is 1. The zero-order chi connectivity index (χ0) is 21.7. The molecule has 0 radical (unpaired) electrons. The maximum atomic E-state index is 13.1. The molecule has 1 aromatic carbocycles. The van der Waals surface area contributed by atoms with Crippen LogP contribution in [0.3, 0.4) is 0 Å². The van der Waals surface area contributed by atoms with Gasteiger partial charge in [-0.25, -0.2) is 0 Å². The van der Waals surface area contributed by atoms with E-state index in [0.29, 0.717) is 6.61 Å². The molecule has 0 N–H and O–H groups in total. The minimum Gasteiger partial charge on any atom is -0.494 e. The van der Waals surface area contributed by atoms with Crippen molar-refractivity contribution >= 4 is 22.4 Å². The van der Waals surface area contributed by atoms with Crippen molar-refractivity contribution < 1.29 is 13.6 Å². The zero-order valence-corrected chi connectivity index (χ0v) is 21.6. The van der Waals surface area contributed by atoms with E-state index in [-0.39, 0.29) is 5.78 Å². The van der Waals surface area contributed by atoms with E-state index in [0.717, 1.165) is 36.9 Å². The summed E-state index contributed by atoms with van der Waals surface area (Å²) >= 11 is 0. The summed E-state index contributed by atoms with van der Waals surface area (Å²) in [5.74, 6) is 1.03. The van der Waals surface area contributed by atoms with Crippen molar-refractivity contribution in [2.45, 2.75) is 83.8 Å². The zero-order valence-electron chi connectivity index (χ0n) is 19.6. The Bertz CT molecular complexity index is 660. The molecular formula is C23H41NO3Si2. The number of carbonyl (C=O) groups is 1. The highest BCUT2D eigenvalue weighted by Crippen LogP contribution is 2.26. The topological polar surface area (TPSA) is 38.8 Å². The van der Waals surface area contributed by atoms with E-state index in [9.17, 15) is 4.79 Å². The monoisotopic (exact) mass is 435 g/mol. The lowest BCUT2D eigenvalue weighted by atomic mass is 9.89. The van der Waals surface area contributed by atoms with Crippen molar-refractivity contribution in [3.63, 3.8) is 0 Å². The van der Waals surface area contributed by atoms with Gasteiger partial charge in [-0.2, -0.15) is 0 Å². The number of carbonyl (C=O) groups excluding carboxylic acids is 1. The van der Waals surface area contributed by atoms with Crippen LogP contribution in [0.4, 0.5) is 0 Å². The second-order valence-corrected chi connectivity index (χ2v) is 19.4. The van der Waals surface area contributed by atoms with Gasteiger partial charge in [-0.1, -0.05) is 6.42 Å². The van der Waals surface area contributed by atoms with E-state index in [4.69, 9.17) is 8.85 Å². The number of hydrogen-bond acceptors (Lipinski definition) is 4. The second-order valence-electron chi connectivity index (χ2n) is 10.4. The first-order valence-corrected chi connectivity index (χ1v) is 17.7. The third-order valence-corrected chi connectivity index (χ3v) is 11.8. The molecule has 1 aliphatic heterocycles. The Morgan fingerprint density at radius 3 is 2.14 bits per heavy atom. The Morgan fingerprint density at radius 2 is 1.59 bits per heavy atom. The lowest BCUT2D eigenvalue weighted by Gasteiger charge is -2.39. The molecule has 0 aliphatic carbocycles.